The van der Waals surface area contributed by atoms with E-state index in [0.717, 1.165) is 19.3 Å². The fourth-order valence-electron chi connectivity index (χ4n) is 0.578. The summed E-state index contributed by atoms with van der Waals surface area (Å²) in [7, 11) is -1.34. The van der Waals surface area contributed by atoms with Gasteiger partial charge in [-0.3, -0.25) is 13.6 Å². The van der Waals surface area contributed by atoms with E-state index in [9.17, 15) is 0 Å². The van der Waals surface area contributed by atoms with Crippen molar-refractivity contribution in [1.29, 1.82) is 0 Å². The van der Waals surface area contributed by atoms with Crippen LogP contribution in [0.5, 0.6) is 0 Å². The lowest BCUT2D eigenvalue weighted by Gasteiger charge is -2.23. The summed E-state index contributed by atoms with van der Waals surface area (Å²) >= 11 is 10.2. The van der Waals surface area contributed by atoms with Gasteiger partial charge in [-0.2, -0.15) is 0 Å². The van der Waals surface area contributed by atoms with E-state index < -0.39 is 8.60 Å². The normalized spacial score (nSPS) is 19.1. The van der Waals surface area contributed by atoms with E-state index in [1.807, 2.05) is 20.8 Å². The molecule has 0 aromatic heterocycles. The summed E-state index contributed by atoms with van der Waals surface area (Å²) in [6.07, 6.45) is 2.59. The first-order valence-corrected chi connectivity index (χ1v) is 9.10. The van der Waals surface area contributed by atoms with Gasteiger partial charge in [0.1, 0.15) is 15.0 Å². The molecule has 7 heteroatoms. The molecule has 3 atom stereocenters. The Labute approximate surface area is 124 Å². The number of rotatable bonds is 9. The van der Waals surface area contributed by atoms with Crippen molar-refractivity contribution in [2.45, 2.75) is 55.1 Å². The van der Waals surface area contributed by atoms with Crippen LogP contribution < -0.4 is 0 Å². The van der Waals surface area contributed by atoms with Crippen LogP contribution in [0.4, 0.5) is 0 Å². The lowest BCUT2D eigenvalue weighted by atomic mass is 10.5. The summed E-state index contributed by atoms with van der Waals surface area (Å²) in [5.41, 5.74) is 0. The number of halogens is 3. The van der Waals surface area contributed by atoms with Crippen molar-refractivity contribution in [3.63, 3.8) is 0 Å². The van der Waals surface area contributed by atoms with Crippen molar-refractivity contribution >= 4 is 56.4 Å². The molecule has 3 nitrogen and oxygen atoms in total. The molecule has 0 aromatic rings. The van der Waals surface area contributed by atoms with Crippen LogP contribution >= 0.6 is 56.4 Å². The highest BCUT2D eigenvalue weighted by molar-refractivity contribution is 9.10. The summed E-state index contributed by atoms with van der Waals surface area (Å²) in [5.74, 6) is 0. The summed E-state index contributed by atoms with van der Waals surface area (Å²) in [6, 6.07) is 0. The Morgan fingerprint density at radius 2 is 1.00 bits per heavy atom. The highest BCUT2D eigenvalue weighted by atomic mass is 79.9. The first-order valence-electron chi connectivity index (χ1n) is 5.26. The van der Waals surface area contributed by atoms with E-state index in [4.69, 9.17) is 13.6 Å². The van der Waals surface area contributed by atoms with Gasteiger partial charge in [-0.1, -0.05) is 68.6 Å². The number of hydrogen-bond donors (Lipinski definition) is 0. The topological polar surface area (TPSA) is 27.7 Å². The summed E-state index contributed by atoms with van der Waals surface area (Å²) < 4.78 is 16.9. The minimum atomic E-state index is -1.34. The molecule has 0 saturated heterocycles. The summed E-state index contributed by atoms with van der Waals surface area (Å²) in [6.45, 7) is 6.09. The number of alkyl halides is 3. The third kappa shape index (κ3) is 8.78. The Bertz CT molecular complexity index is 148. The molecule has 0 rings (SSSR count). The predicted octanol–water partition coefficient (Wildman–Crippen LogP) is 5.66. The zero-order chi connectivity index (χ0) is 12.6. The van der Waals surface area contributed by atoms with Crippen molar-refractivity contribution in [1.82, 2.24) is 0 Å². The van der Waals surface area contributed by atoms with Crippen molar-refractivity contribution in [3.05, 3.63) is 0 Å². The van der Waals surface area contributed by atoms with Gasteiger partial charge >= 0.3 is 8.60 Å². The summed E-state index contributed by atoms with van der Waals surface area (Å²) in [5, 5.41) is -0.106. The second-order valence-electron chi connectivity index (χ2n) is 2.99. The first-order chi connectivity index (χ1) is 7.53. The fraction of sp³-hybridized carbons (Fsp3) is 1.00. The molecule has 0 aliphatic heterocycles. The van der Waals surface area contributed by atoms with Crippen molar-refractivity contribution in [2.75, 3.05) is 0 Å². The largest absolute Gasteiger partial charge is 0.336 e. The zero-order valence-electron chi connectivity index (χ0n) is 9.66. The molecule has 0 radical (unpaired) electrons. The molecule has 3 unspecified atom stereocenters. The smallest absolute Gasteiger partial charge is 0.297 e. The molecule has 0 aliphatic carbocycles. The van der Waals surface area contributed by atoms with Gasteiger partial charge in [0.2, 0.25) is 0 Å². The molecule has 0 heterocycles. The standard InChI is InChI=1S/C9H18Br3O3P/c1-4-7(10)13-16(14-8(11)5-2)15-9(12)6-3/h7-9H,4-6H2,1-3H3. The molecule has 0 saturated carbocycles. The molecule has 0 aliphatic rings. The van der Waals surface area contributed by atoms with Gasteiger partial charge in [-0.25, -0.2) is 0 Å². The highest BCUT2D eigenvalue weighted by Gasteiger charge is 2.22. The maximum absolute atomic E-state index is 5.62. The van der Waals surface area contributed by atoms with Crippen LogP contribution in [0.25, 0.3) is 0 Å². The van der Waals surface area contributed by atoms with Gasteiger partial charge in [0.15, 0.2) is 0 Å². The van der Waals surface area contributed by atoms with E-state index in [1.165, 1.54) is 0 Å². The SMILES string of the molecule is CCC(Br)OP(OC(Br)CC)OC(Br)CC. The zero-order valence-corrected chi connectivity index (χ0v) is 15.3. The van der Waals surface area contributed by atoms with Gasteiger partial charge in [0, 0.05) is 0 Å². The van der Waals surface area contributed by atoms with Crippen molar-refractivity contribution < 1.29 is 13.6 Å². The van der Waals surface area contributed by atoms with E-state index in [2.05, 4.69) is 47.8 Å². The molecule has 0 N–H and O–H groups in total. The summed E-state index contributed by atoms with van der Waals surface area (Å²) in [4.78, 5) is 0. The van der Waals surface area contributed by atoms with Crippen LogP contribution in [0.3, 0.4) is 0 Å². The third-order valence-electron chi connectivity index (χ3n) is 1.56. The molecular formula is C9H18Br3O3P. The first kappa shape index (κ1) is 17.8. The third-order valence-corrected chi connectivity index (χ3v) is 6.21. The van der Waals surface area contributed by atoms with E-state index in [-0.39, 0.29) is 15.0 Å². The molecule has 0 fully saturated rings. The maximum atomic E-state index is 5.62. The Balaban J connectivity index is 4.15. The van der Waals surface area contributed by atoms with Gasteiger partial charge in [0.05, 0.1) is 0 Å². The Kier molecular flexibility index (Phi) is 11.8. The fourth-order valence-corrected chi connectivity index (χ4v) is 2.96. The molecule has 0 spiro atoms. The van der Waals surface area contributed by atoms with Gasteiger partial charge in [-0.05, 0) is 19.3 Å². The van der Waals surface area contributed by atoms with Crippen molar-refractivity contribution in [2.24, 2.45) is 0 Å². The Hall–Kier alpha value is 1.75. The highest BCUT2D eigenvalue weighted by Crippen LogP contribution is 2.47. The predicted molar refractivity (Wildman–Crippen MR) is 79.2 cm³/mol. The molecule has 0 aromatic carbocycles. The average Bonchev–Trinajstić information content (AvgIpc) is 2.28. The molecule has 16 heavy (non-hydrogen) atoms. The molecule has 0 amide bonds. The minimum Gasteiger partial charge on any atom is -0.297 e. The second-order valence-corrected chi connectivity index (χ2v) is 7.14. The lowest BCUT2D eigenvalue weighted by Crippen LogP contribution is -2.09. The quantitative estimate of drug-likeness (QED) is 0.339. The van der Waals surface area contributed by atoms with Crippen molar-refractivity contribution in [3.8, 4) is 0 Å². The van der Waals surface area contributed by atoms with Gasteiger partial charge in [-0.15, -0.1) is 0 Å². The van der Waals surface area contributed by atoms with Crippen LogP contribution in [0, 0.1) is 0 Å². The van der Waals surface area contributed by atoms with Crippen LogP contribution in [-0.2, 0) is 13.6 Å². The maximum Gasteiger partial charge on any atom is 0.336 e. The lowest BCUT2D eigenvalue weighted by molar-refractivity contribution is 0.136. The van der Waals surface area contributed by atoms with Crippen LogP contribution in [0.1, 0.15) is 40.0 Å². The Morgan fingerprint density at radius 1 is 0.750 bits per heavy atom. The van der Waals surface area contributed by atoms with E-state index >= 15 is 0 Å². The van der Waals surface area contributed by atoms with Gasteiger partial charge in [0.25, 0.3) is 0 Å². The van der Waals surface area contributed by atoms with E-state index in [0.29, 0.717) is 0 Å². The monoisotopic (exact) mass is 442 g/mol. The minimum absolute atomic E-state index is 0.0354. The number of hydrogen-bond acceptors (Lipinski definition) is 3. The van der Waals surface area contributed by atoms with Crippen LogP contribution in [0.2, 0.25) is 0 Å². The van der Waals surface area contributed by atoms with Gasteiger partial charge < -0.3 is 0 Å². The average molecular weight is 445 g/mol. The van der Waals surface area contributed by atoms with E-state index in [1.54, 1.807) is 0 Å². The van der Waals surface area contributed by atoms with Crippen LogP contribution in [-0.4, -0.2) is 15.0 Å². The Morgan fingerprint density at radius 3 is 1.19 bits per heavy atom. The van der Waals surface area contributed by atoms with Crippen LogP contribution in [0.15, 0.2) is 0 Å². The molecule has 98 valence electrons. The second kappa shape index (κ2) is 10.7. The molecular weight excluding hydrogens is 427 g/mol. The molecule has 0 bridgehead atoms.